The first-order valence-corrected chi connectivity index (χ1v) is 6.24. The minimum Gasteiger partial charge on any atom is -0.504 e. The molecular weight excluding hydrogens is 232 g/mol. The Kier molecular flexibility index (Phi) is 5.65. The van der Waals surface area contributed by atoms with Crippen LogP contribution in [-0.4, -0.2) is 24.1 Å². The Balaban J connectivity index is 3.04. The fourth-order valence-corrected chi connectivity index (χ4v) is 1.69. The first kappa shape index (κ1) is 14.5. The standard InChI is InChI=1S/C14H20O4/c1-4-11(15)14(18-6-3)10-7-8-12(16)13(9-10)17-5-2/h7-9,14,16H,4-6H2,1-3H3. The highest BCUT2D eigenvalue weighted by atomic mass is 16.5. The molecule has 0 radical (unpaired) electrons. The molecule has 0 heterocycles. The number of benzene rings is 1. The van der Waals surface area contributed by atoms with Gasteiger partial charge in [0, 0.05) is 13.0 Å². The smallest absolute Gasteiger partial charge is 0.165 e. The van der Waals surface area contributed by atoms with Gasteiger partial charge < -0.3 is 14.6 Å². The van der Waals surface area contributed by atoms with Gasteiger partial charge in [-0.2, -0.15) is 0 Å². The van der Waals surface area contributed by atoms with Gasteiger partial charge in [0.2, 0.25) is 0 Å². The van der Waals surface area contributed by atoms with Gasteiger partial charge in [-0.15, -0.1) is 0 Å². The molecule has 4 nitrogen and oxygen atoms in total. The average molecular weight is 252 g/mol. The maximum Gasteiger partial charge on any atom is 0.165 e. The fourth-order valence-electron chi connectivity index (χ4n) is 1.69. The molecule has 0 saturated carbocycles. The van der Waals surface area contributed by atoms with E-state index in [0.29, 0.717) is 30.9 Å². The molecule has 1 rings (SSSR count). The van der Waals surface area contributed by atoms with Crippen LogP contribution in [0.25, 0.3) is 0 Å². The van der Waals surface area contributed by atoms with Crippen molar-refractivity contribution in [2.75, 3.05) is 13.2 Å². The minimum absolute atomic E-state index is 0.0185. The molecule has 0 aliphatic carbocycles. The summed E-state index contributed by atoms with van der Waals surface area (Å²) in [6.07, 6.45) is -0.171. The highest BCUT2D eigenvalue weighted by Gasteiger charge is 2.20. The molecule has 0 aliphatic heterocycles. The lowest BCUT2D eigenvalue weighted by atomic mass is 10.0. The van der Waals surface area contributed by atoms with Crippen LogP contribution < -0.4 is 4.74 Å². The summed E-state index contributed by atoms with van der Waals surface area (Å²) < 4.78 is 10.8. The van der Waals surface area contributed by atoms with Crippen molar-refractivity contribution in [3.8, 4) is 11.5 Å². The number of hydrogen-bond donors (Lipinski definition) is 1. The molecule has 18 heavy (non-hydrogen) atoms. The molecule has 1 unspecified atom stereocenters. The fraction of sp³-hybridized carbons (Fsp3) is 0.500. The van der Waals surface area contributed by atoms with Gasteiger partial charge in [-0.25, -0.2) is 0 Å². The average Bonchev–Trinajstić information content (AvgIpc) is 2.38. The highest BCUT2D eigenvalue weighted by Crippen LogP contribution is 2.31. The van der Waals surface area contributed by atoms with Crippen molar-refractivity contribution >= 4 is 5.78 Å². The van der Waals surface area contributed by atoms with E-state index in [2.05, 4.69) is 0 Å². The number of rotatable bonds is 7. The summed E-state index contributed by atoms with van der Waals surface area (Å²) in [5.41, 5.74) is 0.713. The number of ketones is 1. The first-order chi connectivity index (χ1) is 8.63. The third kappa shape index (κ3) is 3.47. The van der Waals surface area contributed by atoms with Gasteiger partial charge in [-0.3, -0.25) is 4.79 Å². The third-order valence-electron chi connectivity index (χ3n) is 2.56. The van der Waals surface area contributed by atoms with Crippen LogP contribution in [0, 0.1) is 0 Å². The number of Topliss-reactive ketones (excluding diaryl/α,β-unsaturated/α-hetero) is 1. The van der Waals surface area contributed by atoms with Crippen LogP contribution in [0.4, 0.5) is 0 Å². The van der Waals surface area contributed by atoms with Crippen molar-refractivity contribution in [1.82, 2.24) is 0 Å². The second-order valence-corrected chi connectivity index (χ2v) is 3.82. The summed E-state index contributed by atoms with van der Waals surface area (Å²) in [7, 11) is 0. The van der Waals surface area contributed by atoms with Crippen LogP contribution >= 0.6 is 0 Å². The molecule has 0 bridgehead atoms. The molecular formula is C14H20O4. The van der Waals surface area contributed by atoms with Crippen LogP contribution in [0.15, 0.2) is 18.2 Å². The summed E-state index contributed by atoms with van der Waals surface area (Å²) in [5, 5.41) is 9.62. The monoisotopic (exact) mass is 252 g/mol. The van der Waals surface area contributed by atoms with E-state index < -0.39 is 6.10 Å². The highest BCUT2D eigenvalue weighted by molar-refractivity contribution is 5.84. The Labute approximate surface area is 108 Å². The maximum absolute atomic E-state index is 11.8. The first-order valence-electron chi connectivity index (χ1n) is 6.24. The topological polar surface area (TPSA) is 55.8 Å². The summed E-state index contributed by atoms with van der Waals surface area (Å²) in [4.78, 5) is 11.8. The number of phenolic OH excluding ortho intramolecular Hbond substituents is 1. The molecule has 1 aromatic rings. The Morgan fingerprint density at radius 2 is 2.00 bits per heavy atom. The van der Waals surface area contributed by atoms with Gasteiger partial charge in [0.1, 0.15) is 6.10 Å². The van der Waals surface area contributed by atoms with E-state index >= 15 is 0 Å². The van der Waals surface area contributed by atoms with Crippen molar-refractivity contribution in [1.29, 1.82) is 0 Å². The number of ether oxygens (including phenoxy) is 2. The van der Waals surface area contributed by atoms with Crippen LogP contribution in [0.1, 0.15) is 38.9 Å². The zero-order chi connectivity index (χ0) is 13.5. The van der Waals surface area contributed by atoms with E-state index in [1.54, 1.807) is 19.1 Å². The van der Waals surface area contributed by atoms with Crippen molar-refractivity contribution in [2.24, 2.45) is 0 Å². The number of phenols is 1. The number of aromatic hydroxyl groups is 1. The number of hydrogen-bond acceptors (Lipinski definition) is 4. The molecule has 1 aromatic carbocycles. The van der Waals surface area contributed by atoms with Crippen molar-refractivity contribution in [3.05, 3.63) is 23.8 Å². The second-order valence-electron chi connectivity index (χ2n) is 3.82. The Bertz CT molecular complexity index is 401. The summed E-state index contributed by atoms with van der Waals surface area (Å²) in [6.45, 7) is 6.40. The predicted molar refractivity (Wildman–Crippen MR) is 68.9 cm³/mol. The lowest BCUT2D eigenvalue weighted by molar-refractivity contribution is -0.130. The molecule has 4 heteroatoms. The third-order valence-corrected chi connectivity index (χ3v) is 2.56. The summed E-state index contributed by atoms with van der Waals surface area (Å²) >= 11 is 0. The van der Waals surface area contributed by atoms with Gasteiger partial charge in [-0.05, 0) is 31.5 Å². The van der Waals surface area contributed by atoms with E-state index in [0.717, 1.165) is 0 Å². The normalized spacial score (nSPS) is 12.2. The lowest BCUT2D eigenvalue weighted by Gasteiger charge is -2.17. The molecule has 100 valence electrons. The largest absolute Gasteiger partial charge is 0.504 e. The Hall–Kier alpha value is -1.55. The van der Waals surface area contributed by atoms with Crippen LogP contribution in [0.5, 0.6) is 11.5 Å². The zero-order valence-electron chi connectivity index (χ0n) is 11.1. The predicted octanol–water partition coefficient (Wildman–Crippen LogP) is 2.85. The summed E-state index contributed by atoms with van der Waals surface area (Å²) in [5.74, 6) is 0.466. The maximum atomic E-state index is 11.8. The minimum atomic E-state index is -0.584. The van der Waals surface area contributed by atoms with Gasteiger partial charge in [-0.1, -0.05) is 13.0 Å². The number of carbonyl (C=O) groups excluding carboxylic acids is 1. The summed E-state index contributed by atoms with van der Waals surface area (Å²) in [6, 6.07) is 4.87. The molecule has 0 spiro atoms. The molecule has 0 aliphatic rings. The molecule has 0 fully saturated rings. The molecule has 0 aromatic heterocycles. The van der Waals surface area contributed by atoms with E-state index in [1.807, 2.05) is 13.8 Å². The van der Waals surface area contributed by atoms with E-state index in [-0.39, 0.29) is 11.5 Å². The Morgan fingerprint density at radius 1 is 1.28 bits per heavy atom. The quantitative estimate of drug-likeness (QED) is 0.810. The second kappa shape index (κ2) is 7.01. The van der Waals surface area contributed by atoms with E-state index in [9.17, 15) is 9.90 Å². The number of carbonyl (C=O) groups is 1. The van der Waals surface area contributed by atoms with Crippen molar-refractivity contribution in [3.63, 3.8) is 0 Å². The molecule has 1 N–H and O–H groups in total. The van der Waals surface area contributed by atoms with E-state index in [1.165, 1.54) is 6.07 Å². The molecule has 1 atom stereocenters. The van der Waals surface area contributed by atoms with Gasteiger partial charge in [0.25, 0.3) is 0 Å². The van der Waals surface area contributed by atoms with E-state index in [4.69, 9.17) is 9.47 Å². The lowest BCUT2D eigenvalue weighted by Crippen LogP contribution is -2.15. The van der Waals surface area contributed by atoms with Gasteiger partial charge in [0.15, 0.2) is 17.3 Å². The van der Waals surface area contributed by atoms with Crippen molar-refractivity contribution in [2.45, 2.75) is 33.3 Å². The van der Waals surface area contributed by atoms with Crippen LogP contribution in [-0.2, 0) is 9.53 Å². The SMILES string of the molecule is CCOc1cc(C(OCC)C(=O)CC)ccc1O. The zero-order valence-corrected chi connectivity index (χ0v) is 11.1. The Morgan fingerprint density at radius 3 is 2.56 bits per heavy atom. The van der Waals surface area contributed by atoms with Gasteiger partial charge in [0.05, 0.1) is 6.61 Å². The van der Waals surface area contributed by atoms with Crippen molar-refractivity contribution < 1.29 is 19.4 Å². The van der Waals surface area contributed by atoms with Crippen LogP contribution in [0.3, 0.4) is 0 Å². The van der Waals surface area contributed by atoms with Crippen LogP contribution in [0.2, 0.25) is 0 Å². The molecule has 0 saturated heterocycles. The molecule has 0 amide bonds. The van der Waals surface area contributed by atoms with Gasteiger partial charge >= 0.3 is 0 Å².